The molecule has 0 saturated carbocycles. The monoisotopic (exact) mass is 73.1 g/mol. The minimum atomic E-state index is 0.634. The second kappa shape index (κ2) is 2.21. The Morgan fingerprint density at radius 1 is 1.40 bits per heavy atom. The molecule has 0 unspecified atom stereocenters. The van der Waals surface area contributed by atoms with Crippen molar-refractivity contribution in [2.45, 2.75) is 19.9 Å². The third kappa shape index (κ3) is 3.96. The predicted molar refractivity (Wildman–Crippen MR) is 22.0 cm³/mol. The normalized spacial score (nSPS) is 9.60. The first-order valence-electron chi connectivity index (χ1n) is 1.94. The first-order valence-corrected chi connectivity index (χ1v) is 1.94. The van der Waals surface area contributed by atoms with E-state index < -0.39 is 0 Å². The van der Waals surface area contributed by atoms with Gasteiger partial charge in [0.15, 0.2) is 0 Å². The van der Waals surface area contributed by atoms with E-state index in [-0.39, 0.29) is 0 Å². The molecule has 0 bridgehead atoms. The van der Waals surface area contributed by atoms with Crippen LogP contribution in [0.4, 0.5) is 0 Å². The van der Waals surface area contributed by atoms with Crippen LogP contribution in [0.3, 0.4) is 0 Å². The zero-order valence-corrected chi connectivity index (χ0v) is 4.08. The zero-order valence-electron chi connectivity index (χ0n) is 4.08. The molecule has 0 aromatic heterocycles. The van der Waals surface area contributed by atoms with Gasteiger partial charge in [-0.2, -0.15) is 5.32 Å². The van der Waals surface area contributed by atoms with Crippen LogP contribution >= 0.6 is 0 Å². The SMILES string of the molecule is C[NH+]C(C)C. The summed E-state index contributed by atoms with van der Waals surface area (Å²) >= 11 is 0. The summed E-state index contributed by atoms with van der Waals surface area (Å²) in [5, 5.41) is 3.03. The average Bonchev–Trinajstić information content (AvgIpc) is 1.38. The first kappa shape index (κ1) is 4.96. The summed E-state index contributed by atoms with van der Waals surface area (Å²) < 4.78 is 0. The number of nitrogens with one attached hydrogen (secondary N) is 1. The quantitative estimate of drug-likeness (QED) is 0.425. The molecule has 1 N–H and O–H groups in total. The standard InChI is InChI=1S/C4H11N/c1-4(2)5-3/h4-5H,1-3H3/q+1. The Bertz CT molecular complexity index is 17.6. The fourth-order valence-corrected chi connectivity index (χ4v) is 0. The van der Waals surface area contributed by atoms with Gasteiger partial charge in [0, 0.05) is 0 Å². The lowest BCUT2D eigenvalue weighted by Gasteiger charge is -1.84. The Kier molecular flexibility index (Phi) is 2.19. The van der Waals surface area contributed by atoms with E-state index in [0.29, 0.717) is 6.04 Å². The molecule has 0 aliphatic carbocycles. The summed E-state index contributed by atoms with van der Waals surface area (Å²) in [7, 11) is 1.95. The van der Waals surface area contributed by atoms with Crippen LogP contribution in [0.2, 0.25) is 0 Å². The van der Waals surface area contributed by atoms with E-state index in [4.69, 9.17) is 0 Å². The van der Waals surface area contributed by atoms with Crippen LogP contribution in [0.1, 0.15) is 13.8 Å². The molecule has 5 heavy (non-hydrogen) atoms. The van der Waals surface area contributed by atoms with Crippen molar-refractivity contribution < 1.29 is 5.32 Å². The smallest absolute Gasteiger partial charge is 0.125 e. The molecule has 1 nitrogen and oxygen atoms in total. The van der Waals surface area contributed by atoms with E-state index in [1.165, 1.54) is 0 Å². The maximum absolute atomic E-state index is 3.03. The highest BCUT2D eigenvalue weighted by molar-refractivity contribution is 4.20. The van der Waals surface area contributed by atoms with Crippen molar-refractivity contribution in [3.8, 4) is 0 Å². The highest BCUT2D eigenvalue weighted by atomic mass is 14.8. The van der Waals surface area contributed by atoms with Crippen LogP contribution in [0.25, 0.3) is 0 Å². The summed E-state index contributed by atoms with van der Waals surface area (Å²) in [4.78, 5) is 0. The van der Waals surface area contributed by atoms with Crippen LogP contribution in [-0.4, -0.2) is 13.1 Å². The Morgan fingerprint density at radius 2 is 1.60 bits per heavy atom. The van der Waals surface area contributed by atoms with Gasteiger partial charge in [-0.3, -0.25) is 0 Å². The van der Waals surface area contributed by atoms with Crippen molar-refractivity contribution in [2.24, 2.45) is 0 Å². The van der Waals surface area contributed by atoms with Crippen molar-refractivity contribution in [2.75, 3.05) is 7.05 Å². The fraction of sp³-hybridized carbons (Fsp3) is 1.00. The number of hydrogen-bond donors (Lipinski definition) is 1. The highest BCUT2D eigenvalue weighted by Crippen LogP contribution is 1.56. The summed E-state index contributed by atoms with van der Waals surface area (Å²) in [6.07, 6.45) is 0. The Labute approximate surface area is 33.4 Å². The summed E-state index contributed by atoms with van der Waals surface area (Å²) in [5.74, 6) is 0. The summed E-state index contributed by atoms with van der Waals surface area (Å²) in [6.45, 7) is 4.22. The van der Waals surface area contributed by atoms with Crippen molar-refractivity contribution in [3.63, 3.8) is 0 Å². The van der Waals surface area contributed by atoms with Gasteiger partial charge in [-0.25, -0.2) is 0 Å². The van der Waals surface area contributed by atoms with Crippen molar-refractivity contribution in [3.05, 3.63) is 0 Å². The van der Waals surface area contributed by atoms with Crippen molar-refractivity contribution >= 4 is 0 Å². The van der Waals surface area contributed by atoms with Crippen LogP contribution < -0.4 is 5.32 Å². The first-order chi connectivity index (χ1) is 2.27. The molecule has 0 saturated heterocycles. The van der Waals surface area contributed by atoms with Gasteiger partial charge in [-0.1, -0.05) is 0 Å². The van der Waals surface area contributed by atoms with Gasteiger partial charge in [0.2, 0.25) is 0 Å². The average molecular weight is 73.1 g/mol. The molecule has 0 amide bonds. The van der Waals surface area contributed by atoms with Gasteiger partial charge >= 0.3 is 0 Å². The molecular formula is C4H11N+. The molecule has 1 heteroatoms. The highest BCUT2D eigenvalue weighted by Gasteiger charge is 1.87. The van der Waals surface area contributed by atoms with Gasteiger partial charge in [0.25, 0.3) is 0 Å². The lowest BCUT2D eigenvalue weighted by Crippen LogP contribution is -2.84. The van der Waals surface area contributed by atoms with E-state index in [9.17, 15) is 0 Å². The Hall–Kier alpha value is -0.0400. The largest absolute Gasteiger partial charge is 0.183 e. The number of rotatable bonds is 1. The van der Waals surface area contributed by atoms with E-state index >= 15 is 0 Å². The molecule has 0 aromatic carbocycles. The van der Waals surface area contributed by atoms with Gasteiger partial charge in [0.05, 0.1) is 0 Å². The van der Waals surface area contributed by atoms with E-state index in [0.717, 1.165) is 0 Å². The molecular weight excluding hydrogens is 62.1 g/mol. The maximum Gasteiger partial charge on any atom is 0.125 e. The lowest BCUT2D eigenvalue weighted by atomic mass is 10.4. The summed E-state index contributed by atoms with van der Waals surface area (Å²) in [5.41, 5.74) is 0. The molecule has 0 fully saturated rings. The van der Waals surface area contributed by atoms with E-state index in [2.05, 4.69) is 19.2 Å². The van der Waals surface area contributed by atoms with Crippen molar-refractivity contribution in [1.29, 1.82) is 0 Å². The minimum Gasteiger partial charge on any atom is -0.183 e. The Morgan fingerprint density at radius 3 is 1.60 bits per heavy atom. The topological polar surface area (TPSA) is 15.6 Å². The van der Waals surface area contributed by atoms with Crippen LogP contribution in [0.5, 0.6) is 0 Å². The van der Waals surface area contributed by atoms with E-state index in [1.807, 2.05) is 7.05 Å². The minimum absolute atomic E-state index is 0.634. The molecule has 0 aliphatic rings. The van der Waals surface area contributed by atoms with Gasteiger partial charge in [0.1, 0.15) is 13.1 Å². The summed E-state index contributed by atoms with van der Waals surface area (Å²) in [6, 6.07) is 0.634. The molecule has 31 valence electrons. The second-order valence-corrected chi connectivity index (χ2v) is 1.44. The van der Waals surface area contributed by atoms with Crippen LogP contribution in [-0.2, 0) is 0 Å². The van der Waals surface area contributed by atoms with Crippen LogP contribution in [0, 0.1) is 0 Å². The second-order valence-electron chi connectivity index (χ2n) is 1.44. The van der Waals surface area contributed by atoms with Crippen molar-refractivity contribution in [1.82, 2.24) is 0 Å². The van der Waals surface area contributed by atoms with Gasteiger partial charge < -0.3 is 0 Å². The molecule has 0 spiro atoms. The third-order valence-electron chi connectivity index (χ3n) is 0.577. The molecule has 0 aromatic rings. The Balaban J connectivity index is 2.54. The molecule has 1 radical (unpaired) electrons. The van der Waals surface area contributed by atoms with Gasteiger partial charge in [-0.15, -0.1) is 0 Å². The lowest BCUT2D eigenvalue weighted by molar-refractivity contribution is -0.656. The van der Waals surface area contributed by atoms with Gasteiger partial charge in [-0.05, 0) is 13.8 Å². The van der Waals surface area contributed by atoms with E-state index in [1.54, 1.807) is 0 Å². The number of hydrogen-bond acceptors (Lipinski definition) is 1. The van der Waals surface area contributed by atoms with Crippen LogP contribution in [0.15, 0.2) is 0 Å². The zero-order chi connectivity index (χ0) is 4.28. The third-order valence-corrected chi connectivity index (χ3v) is 0.577. The predicted octanol–water partition coefficient (Wildman–Crippen LogP) is -0.626. The molecule has 0 atom stereocenters. The fourth-order valence-electron chi connectivity index (χ4n) is 0. The molecule has 0 rings (SSSR count). The molecule has 0 aliphatic heterocycles. The molecule has 0 heterocycles. The maximum atomic E-state index is 3.03.